The van der Waals surface area contributed by atoms with E-state index in [9.17, 15) is 9.18 Å². The van der Waals surface area contributed by atoms with Gasteiger partial charge in [0.2, 0.25) is 5.91 Å². The molecule has 4 aromatic heterocycles. The zero-order chi connectivity index (χ0) is 26.3. The second kappa shape index (κ2) is 9.47. The summed E-state index contributed by atoms with van der Waals surface area (Å²) in [5.74, 6) is -0.128. The van der Waals surface area contributed by atoms with Gasteiger partial charge < -0.3 is 10.3 Å². The molecule has 192 valence electrons. The number of halogens is 1. The largest absolute Gasteiger partial charge is 0.353 e. The Morgan fingerprint density at radius 2 is 1.74 bits per heavy atom. The van der Waals surface area contributed by atoms with E-state index < -0.39 is 0 Å². The van der Waals surface area contributed by atoms with Gasteiger partial charge in [0.15, 0.2) is 0 Å². The van der Waals surface area contributed by atoms with Crippen LogP contribution in [0.15, 0.2) is 79.3 Å². The Balaban J connectivity index is 1.25. The first-order valence-electron chi connectivity index (χ1n) is 13.1. The van der Waals surface area contributed by atoms with Crippen LogP contribution in [-0.4, -0.2) is 31.1 Å². The molecule has 0 spiro atoms. The van der Waals surface area contributed by atoms with Crippen LogP contribution in [0.4, 0.5) is 10.1 Å². The lowest BCUT2D eigenvalue weighted by molar-refractivity contribution is -0.119. The van der Waals surface area contributed by atoms with E-state index in [1.807, 2.05) is 42.5 Å². The quantitative estimate of drug-likeness (QED) is 0.227. The van der Waals surface area contributed by atoms with Crippen LogP contribution in [-0.2, 0) is 4.79 Å². The molecule has 6 aromatic rings. The van der Waals surface area contributed by atoms with E-state index in [1.54, 1.807) is 30.7 Å². The molecule has 0 atom stereocenters. The molecule has 1 fully saturated rings. The summed E-state index contributed by atoms with van der Waals surface area (Å²) in [5.41, 5.74) is 6.79. The normalized spacial score (nSPS) is 13.9. The van der Waals surface area contributed by atoms with Gasteiger partial charge in [-0.25, -0.2) is 4.39 Å². The molecule has 0 unspecified atom stereocenters. The number of hydrogen-bond donors (Lipinski definition) is 3. The van der Waals surface area contributed by atoms with Crippen LogP contribution in [0.3, 0.4) is 0 Å². The SMILES string of the molecule is O=C(Nc1cncc(-c2cc3c(-c4cc5c(-c6ccccc6F)cccc5[nH]4)n[nH]c3cn2)c1)C1CCCC1. The smallest absolute Gasteiger partial charge is 0.227 e. The number of carbonyl (C=O) groups excluding carboxylic acids is 1. The minimum Gasteiger partial charge on any atom is -0.353 e. The van der Waals surface area contributed by atoms with Gasteiger partial charge in [-0.15, -0.1) is 0 Å². The Morgan fingerprint density at radius 1 is 0.897 bits per heavy atom. The van der Waals surface area contributed by atoms with Crippen molar-refractivity contribution in [2.75, 3.05) is 5.32 Å². The summed E-state index contributed by atoms with van der Waals surface area (Å²) in [5, 5.41) is 12.5. The van der Waals surface area contributed by atoms with E-state index in [0.717, 1.165) is 75.7 Å². The molecule has 1 aliphatic carbocycles. The van der Waals surface area contributed by atoms with Crippen molar-refractivity contribution in [1.29, 1.82) is 0 Å². The third kappa shape index (κ3) is 4.24. The lowest BCUT2D eigenvalue weighted by atomic mass is 10.0. The van der Waals surface area contributed by atoms with Gasteiger partial charge in [-0.1, -0.05) is 43.2 Å². The average molecular weight is 517 g/mol. The standard InChI is InChI=1S/C31H25FN6O/c32-25-10-4-3-8-22(25)21-9-5-11-26-23(21)13-28(36-26)30-24-14-27(34-17-29(24)37-38-30)19-12-20(16-33-15-19)35-31(39)18-6-1-2-7-18/h3-5,8-18,36H,1-2,6-7H2,(H,35,39)(H,37,38). The summed E-state index contributed by atoms with van der Waals surface area (Å²) in [6.45, 7) is 0. The predicted octanol–water partition coefficient (Wildman–Crippen LogP) is 7.10. The van der Waals surface area contributed by atoms with Crippen LogP contribution in [0.1, 0.15) is 25.7 Å². The van der Waals surface area contributed by atoms with E-state index in [-0.39, 0.29) is 17.6 Å². The van der Waals surface area contributed by atoms with Crippen molar-refractivity contribution in [3.8, 4) is 33.8 Å². The van der Waals surface area contributed by atoms with Crippen molar-refractivity contribution in [2.45, 2.75) is 25.7 Å². The van der Waals surface area contributed by atoms with Crippen molar-refractivity contribution >= 4 is 33.4 Å². The maximum absolute atomic E-state index is 14.6. The van der Waals surface area contributed by atoms with Gasteiger partial charge in [-0.05, 0) is 48.7 Å². The van der Waals surface area contributed by atoms with Crippen LogP contribution in [0, 0.1) is 11.7 Å². The topological polar surface area (TPSA) is 99.4 Å². The average Bonchev–Trinajstić information content (AvgIpc) is 3.73. The molecule has 4 heterocycles. The first-order valence-corrected chi connectivity index (χ1v) is 13.1. The van der Waals surface area contributed by atoms with Crippen LogP contribution in [0.5, 0.6) is 0 Å². The summed E-state index contributed by atoms with van der Waals surface area (Å²) >= 11 is 0. The van der Waals surface area contributed by atoms with Crippen molar-refractivity contribution in [3.63, 3.8) is 0 Å². The molecular formula is C31H25FN6O. The highest BCUT2D eigenvalue weighted by Gasteiger charge is 2.23. The second-order valence-electron chi connectivity index (χ2n) is 10.0. The molecule has 1 aliphatic rings. The minimum atomic E-state index is -0.260. The van der Waals surface area contributed by atoms with Gasteiger partial charge >= 0.3 is 0 Å². The van der Waals surface area contributed by atoms with Crippen molar-refractivity contribution < 1.29 is 9.18 Å². The Hall–Kier alpha value is -4.85. The molecule has 0 bridgehead atoms. The lowest BCUT2D eigenvalue weighted by Gasteiger charge is -2.11. The van der Waals surface area contributed by atoms with E-state index in [2.05, 4.69) is 30.5 Å². The Morgan fingerprint density at radius 3 is 2.62 bits per heavy atom. The maximum Gasteiger partial charge on any atom is 0.227 e. The van der Waals surface area contributed by atoms with Gasteiger partial charge in [-0.3, -0.25) is 19.9 Å². The van der Waals surface area contributed by atoms with Crippen molar-refractivity contribution in [1.82, 2.24) is 25.1 Å². The second-order valence-corrected chi connectivity index (χ2v) is 10.0. The van der Waals surface area contributed by atoms with Gasteiger partial charge in [0.05, 0.1) is 35.0 Å². The lowest BCUT2D eigenvalue weighted by Crippen LogP contribution is -2.20. The fourth-order valence-electron chi connectivity index (χ4n) is 5.56. The number of aromatic nitrogens is 5. The highest BCUT2D eigenvalue weighted by atomic mass is 19.1. The van der Waals surface area contributed by atoms with Crippen molar-refractivity contribution in [2.24, 2.45) is 5.92 Å². The molecule has 7 nitrogen and oxygen atoms in total. The number of carbonyl (C=O) groups is 1. The molecule has 1 saturated carbocycles. The van der Waals surface area contributed by atoms with Gasteiger partial charge in [0, 0.05) is 39.5 Å². The third-order valence-electron chi connectivity index (χ3n) is 7.56. The van der Waals surface area contributed by atoms with Gasteiger partial charge in [0.1, 0.15) is 11.5 Å². The van der Waals surface area contributed by atoms with Crippen LogP contribution < -0.4 is 5.32 Å². The zero-order valence-corrected chi connectivity index (χ0v) is 21.0. The number of hydrogen-bond acceptors (Lipinski definition) is 4. The fraction of sp³-hybridized carbons (Fsp3) is 0.161. The number of benzene rings is 2. The summed E-state index contributed by atoms with van der Waals surface area (Å²) in [4.78, 5) is 25.0. The number of H-pyrrole nitrogens is 2. The third-order valence-corrected chi connectivity index (χ3v) is 7.56. The molecule has 0 aliphatic heterocycles. The van der Waals surface area contributed by atoms with Crippen LogP contribution >= 0.6 is 0 Å². The molecule has 39 heavy (non-hydrogen) atoms. The number of rotatable bonds is 5. The number of nitrogens with zero attached hydrogens (tertiary/aromatic N) is 3. The number of pyridine rings is 2. The molecular weight excluding hydrogens is 491 g/mol. The Bertz CT molecular complexity index is 1850. The summed E-state index contributed by atoms with van der Waals surface area (Å²) < 4.78 is 14.6. The number of amides is 1. The molecule has 8 heteroatoms. The van der Waals surface area contributed by atoms with E-state index in [4.69, 9.17) is 0 Å². The van der Waals surface area contributed by atoms with Crippen LogP contribution in [0.2, 0.25) is 0 Å². The first kappa shape index (κ1) is 23.3. The van der Waals surface area contributed by atoms with Crippen LogP contribution in [0.25, 0.3) is 55.6 Å². The molecule has 2 aromatic carbocycles. The van der Waals surface area contributed by atoms with Gasteiger partial charge in [0.25, 0.3) is 0 Å². The highest BCUT2D eigenvalue weighted by Crippen LogP contribution is 2.36. The summed E-state index contributed by atoms with van der Waals surface area (Å²) in [6.07, 6.45) is 9.24. The molecule has 0 saturated heterocycles. The molecule has 3 N–H and O–H groups in total. The predicted molar refractivity (Wildman–Crippen MR) is 150 cm³/mol. The Kier molecular flexibility index (Phi) is 5.65. The van der Waals surface area contributed by atoms with E-state index in [1.165, 1.54) is 6.07 Å². The number of nitrogens with one attached hydrogen (secondary N) is 3. The maximum atomic E-state index is 14.6. The molecule has 0 radical (unpaired) electrons. The fourth-order valence-corrected chi connectivity index (χ4v) is 5.56. The monoisotopic (exact) mass is 516 g/mol. The summed E-state index contributed by atoms with van der Waals surface area (Å²) in [7, 11) is 0. The molecule has 7 rings (SSSR count). The van der Waals surface area contributed by atoms with E-state index >= 15 is 0 Å². The van der Waals surface area contributed by atoms with E-state index in [0.29, 0.717) is 11.3 Å². The molecule has 1 amide bonds. The number of fused-ring (bicyclic) bond motifs is 2. The van der Waals surface area contributed by atoms with Crippen molar-refractivity contribution in [3.05, 3.63) is 85.1 Å². The number of aromatic amines is 2. The Labute approximate surface area is 223 Å². The first-order chi connectivity index (χ1) is 19.1. The van der Waals surface area contributed by atoms with Gasteiger partial charge in [-0.2, -0.15) is 5.10 Å². The number of anilines is 1. The summed E-state index contributed by atoms with van der Waals surface area (Å²) in [6, 6.07) is 18.5. The zero-order valence-electron chi connectivity index (χ0n) is 21.0. The highest BCUT2D eigenvalue weighted by molar-refractivity contribution is 6.01. The minimum absolute atomic E-state index is 0.0561.